The summed E-state index contributed by atoms with van der Waals surface area (Å²) in [6.45, 7) is 10.2. The quantitative estimate of drug-likeness (QED) is 0.260. The van der Waals surface area contributed by atoms with Crippen LogP contribution in [0.25, 0.3) is 0 Å². The molecule has 6 aliphatic rings. The maximum absolute atomic E-state index is 13.4. The van der Waals surface area contributed by atoms with Gasteiger partial charge in [-0.05, 0) is 74.1 Å². The lowest BCUT2D eigenvalue weighted by Gasteiger charge is -2.17. The molecule has 0 unspecified atom stereocenters. The van der Waals surface area contributed by atoms with Crippen molar-refractivity contribution in [2.75, 3.05) is 7.11 Å². The van der Waals surface area contributed by atoms with Gasteiger partial charge in [0.05, 0.1) is 47.6 Å². The molecule has 0 radical (unpaired) electrons. The van der Waals surface area contributed by atoms with E-state index in [1.54, 1.807) is 0 Å². The minimum absolute atomic E-state index is 0.0254. The van der Waals surface area contributed by atoms with Gasteiger partial charge in [0.25, 0.3) is 0 Å². The second-order valence-corrected chi connectivity index (χ2v) is 11.3. The number of carbonyl (C=O) groups is 2. The van der Waals surface area contributed by atoms with Gasteiger partial charge in [0.2, 0.25) is 0 Å². The molecule has 5 aliphatic heterocycles. The van der Waals surface area contributed by atoms with Gasteiger partial charge in [-0.1, -0.05) is 13.8 Å². The highest BCUT2D eigenvalue weighted by Gasteiger charge is 2.43. The first kappa shape index (κ1) is 26.9. The number of nitrogens with zero attached hydrogens (tertiary/aromatic N) is 3. The number of nitrogens with one attached hydrogen (secondary N) is 1. The largest absolute Gasteiger partial charge is 0.515 e. The van der Waals surface area contributed by atoms with Gasteiger partial charge in [0.15, 0.2) is 5.78 Å². The third-order valence-corrected chi connectivity index (χ3v) is 9.10. The molecule has 1 aliphatic carbocycles. The van der Waals surface area contributed by atoms with E-state index < -0.39 is 0 Å². The lowest BCUT2D eigenvalue weighted by atomic mass is 9.86. The van der Waals surface area contributed by atoms with Crippen LogP contribution in [-0.2, 0) is 14.3 Å². The summed E-state index contributed by atoms with van der Waals surface area (Å²) in [6.07, 6.45) is 8.94. The topological polar surface area (TPSA) is 113 Å². The van der Waals surface area contributed by atoms with Crippen molar-refractivity contribution in [1.82, 2.24) is 5.32 Å². The number of allylic oxidation sites excluding steroid dienone is 12. The number of hydrogen-bond donors (Lipinski definition) is 2. The number of ether oxygens (including phenoxy) is 1. The zero-order valence-corrected chi connectivity index (χ0v) is 24.3. The molecule has 1 saturated carbocycles. The molecular formula is C33H34N4O4. The first-order valence-corrected chi connectivity index (χ1v) is 14.2. The van der Waals surface area contributed by atoms with Crippen molar-refractivity contribution in [2.24, 2.45) is 26.8 Å². The number of carbonyl (C=O) groups excluding carboxylic acids is 2. The van der Waals surface area contributed by atoms with E-state index in [-0.39, 0.29) is 36.4 Å². The number of aliphatic imine (C=N–C) groups is 3. The Morgan fingerprint density at radius 1 is 1.10 bits per heavy atom. The standard InChI is InChI=1S/C33H34N4O4/c1-7-19-15(2)24-12-28-22(14-38)17(4)23(35-28)11-25-16(3)20(8-9-30(40)41-6)32(36-25)21-10-29(39)31-18(5)26(37-33(21)31)13-27(19)34-24/h11-14,16,20,36,38H,7-10H2,1-6H3/b22-14+,24-12?,25-11?,26-13?,32-21?/t16-,20-/m0/s1/i39+2. The third kappa shape index (κ3) is 4.15. The predicted molar refractivity (Wildman–Crippen MR) is 159 cm³/mol. The maximum Gasteiger partial charge on any atom is 0.305 e. The van der Waals surface area contributed by atoms with Crippen molar-refractivity contribution in [3.63, 3.8) is 0 Å². The molecule has 0 aromatic heterocycles. The average Bonchev–Trinajstić information content (AvgIpc) is 3.70. The van der Waals surface area contributed by atoms with Crippen LogP contribution < -0.4 is 5.32 Å². The minimum Gasteiger partial charge on any atom is -0.515 e. The average molecular weight is 553 g/mol. The van der Waals surface area contributed by atoms with Crippen LogP contribution in [0.1, 0.15) is 60.3 Å². The highest BCUT2D eigenvalue weighted by atomic mass is 18.1. The summed E-state index contributed by atoms with van der Waals surface area (Å²) in [6, 6.07) is 0. The van der Waals surface area contributed by atoms with E-state index in [9.17, 15) is 14.7 Å². The van der Waals surface area contributed by atoms with Crippen LogP contribution in [0, 0.1) is 11.8 Å². The van der Waals surface area contributed by atoms with Crippen molar-refractivity contribution in [3.05, 3.63) is 92.0 Å². The minimum atomic E-state index is -0.264. The first-order valence-electron chi connectivity index (χ1n) is 14.2. The van der Waals surface area contributed by atoms with Crippen molar-refractivity contribution in [3.8, 4) is 0 Å². The van der Waals surface area contributed by atoms with Crippen molar-refractivity contribution >= 4 is 28.9 Å². The fourth-order valence-corrected chi connectivity index (χ4v) is 6.64. The fourth-order valence-electron chi connectivity index (χ4n) is 6.64. The molecule has 1 saturated heterocycles. The van der Waals surface area contributed by atoms with Crippen molar-refractivity contribution in [2.45, 2.75) is 60.3 Å². The van der Waals surface area contributed by atoms with Gasteiger partial charge in [0.1, 0.15) is 0 Å². The first-order chi connectivity index (χ1) is 19.7. The number of Topliss-reactive ketones (excluding diaryl/α,β-unsaturated/α-hetero) is 1. The van der Waals surface area contributed by atoms with Gasteiger partial charge >= 0.3 is 5.97 Å². The highest BCUT2D eigenvalue weighted by molar-refractivity contribution is 6.38. The molecule has 8 nitrogen and oxygen atoms in total. The number of ketones is 1. The second kappa shape index (κ2) is 9.94. The highest BCUT2D eigenvalue weighted by Crippen LogP contribution is 2.45. The van der Waals surface area contributed by atoms with Crippen LogP contribution in [0.3, 0.4) is 0 Å². The molecule has 6 rings (SSSR count). The summed E-state index contributed by atoms with van der Waals surface area (Å²) in [4.78, 5) is 40.5. The molecule has 5 heterocycles. The zero-order valence-electron chi connectivity index (χ0n) is 24.3. The van der Waals surface area contributed by atoms with E-state index in [0.717, 1.165) is 80.5 Å². The summed E-state index contributed by atoms with van der Waals surface area (Å²) in [5.41, 5.74) is 12.5. The Labute approximate surface area is 239 Å². The summed E-state index contributed by atoms with van der Waals surface area (Å²) < 4.78 is 4.94. The maximum atomic E-state index is 13.4. The Kier molecular flexibility index (Phi) is 6.52. The van der Waals surface area contributed by atoms with Crippen LogP contribution in [-0.4, -0.2) is 41.1 Å². The van der Waals surface area contributed by atoms with Crippen LogP contribution >= 0.6 is 0 Å². The Bertz CT molecular complexity index is 1680. The SMILES string of the molecule is CCC1=C(C)C2=CC3=NC(=C(C)/C3=C\O)C=C3NC(=C4CC(=[18O])C5=C(C)C(=CC1=N2)N=C45)[C@@H](CCC(=O)OC)[C@@H]3C. The van der Waals surface area contributed by atoms with Crippen LogP contribution in [0.5, 0.6) is 0 Å². The monoisotopic (exact) mass is 552 g/mol. The van der Waals surface area contributed by atoms with Gasteiger partial charge in [-0.25, -0.2) is 15.0 Å². The number of hydrogen-bond acceptors (Lipinski definition) is 8. The molecule has 0 aromatic rings. The molecule has 0 aromatic carbocycles. The van der Waals surface area contributed by atoms with E-state index in [2.05, 4.69) is 26.1 Å². The Balaban J connectivity index is 1.60. The Morgan fingerprint density at radius 3 is 2.54 bits per heavy atom. The van der Waals surface area contributed by atoms with Gasteiger partial charge in [-0.3, -0.25) is 9.59 Å². The normalized spacial score (nSPS) is 26.0. The molecule has 41 heavy (non-hydrogen) atoms. The lowest BCUT2D eigenvalue weighted by Crippen LogP contribution is -2.15. The Morgan fingerprint density at radius 2 is 1.83 bits per heavy atom. The summed E-state index contributed by atoms with van der Waals surface area (Å²) in [5, 5.41) is 13.8. The van der Waals surface area contributed by atoms with Gasteiger partial charge in [0, 0.05) is 52.8 Å². The molecule has 2 atom stereocenters. The van der Waals surface area contributed by atoms with Crippen LogP contribution in [0.15, 0.2) is 107 Å². The van der Waals surface area contributed by atoms with Gasteiger partial charge in [-0.15, -0.1) is 0 Å². The summed E-state index contributed by atoms with van der Waals surface area (Å²) >= 11 is 0. The molecule has 8 bridgehead atoms. The number of methoxy groups -OCH3 is 1. The molecular weight excluding hydrogens is 518 g/mol. The molecule has 0 amide bonds. The number of rotatable bonds is 4. The fraction of sp³-hybridized carbons (Fsp3) is 0.364. The number of aliphatic hydroxyl groups excluding tert-OH is 1. The van der Waals surface area contributed by atoms with E-state index in [1.807, 2.05) is 32.1 Å². The third-order valence-electron chi connectivity index (χ3n) is 9.10. The van der Waals surface area contributed by atoms with Crippen molar-refractivity contribution < 1.29 is 19.4 Å². The van der Waals surface area contributed by atoms with Crippen LogP contribution in [0.4, 0.5) is 0 Å². The molecule has 8 heteroatoms. The van der Waals surface area contributed by atoms with E-state index in [0.29, 0.717) is 23.3 Å². The van der Waals surface area contributed by atoms with Gasteiger partial charge < -0.3 is 15.2 Å². The molecule has 210 valence electrons. The molecule has 2 fully saturated rings. The van der Waals surface area contributed by atoms with E-state index in [1.165, 1.54) is 7.11 Å². The second-order valence-electron chi connectivity index (χ2n) is 11.3. The van der Waals surface area contributed by atoms with E-state index in [4.69, 9.17) is 19.7 Å². The number of esters is 1. The predicted octanol–water partition coefficient (Wildman–Crippen LogP) is 5.81. The number of aliphatic hydroxyl groups is 1. The zero-order chi connectivity index (χ0) is 29.2. The number of fused-ring (bicyclic) bond motifs is 5. The van der Waals surface area contributed by atoms with Crippen LogP contribution in [0.2, 0.25) is 0 Å². The van der Waals surface area contributed by atoms with Crippen molar-refractivity contribution in [1.29, 1.82) is 0 Å². The van der Waals surface area contributed by atoms with Gasteiger partial charge in [-0.2, -0.15) is 0 Å². The molecule has 0 spiro atoms. The van der Waals surface area contributed by atoms with E-state index >= 15 is 0 Å². The summed E-state index contributed by atoms with van der Waals surface area (Å²) in [5.74, 6) is -0.213. The smallest absolute Gasteiger partial charge is 0.305 e. The molecule has 2 N–H and O–H groups in total. The summed E-state index contributed by atoms with van der Waals surface area (Å²) in [7, 11) is 1.40. The Hall–Kier alpha value is -4.33. The lowest BCUT2D eigenvalue weighted by molar-refractivity contribution is -0.140.